The molecular weight excluding hydrogens is 204 g/mol. The molecule has 4 nitrogen and oxygen atoms in total. The van der Waals surface area contributed by atoms with Crippen molar-refractivity contribution in [2.24, 2.45) is 5.41 Å². The first kappa shape index (κ1) is 11.7. The van der Waals surface area contributed by atoms with E-state index >= 15 is 0 Å². The standard InChI is InChI=1S/C12H22N2O2/c1-12(4-8-16-9-5-12)10-13-11(15)14-6-2-3-7-14/h2-10H2,1H3,(H,13,15). The fraction of sp³-hybridized carbons (Fsp3) is 0.917. The third-order valence-corrected chi connectivity index (χ3v) is 3.76. The summed E-state index contributed by atoms with van der Waals surface area (Å²) in [6.07, 6.45) is 4.40. The van der Waals surface area contributed by atoms with E-state index < -0.39 is 0 Å². The fourth-order valence-corrected chi connectivity index (χ4v) is 2.36. The highest BCUT2D eigenvalue weighted by Gasteiger charge is 2.28. The molecule has 2 fully saturated rings. The number of likely N-dealkylation sites (tertiary alicyclic amines) is 1. The Bertz CT molecular complexity index is 243. The summed E-state index contributed by atoms with van der Waals surface area (Å²) in [6, 6.07) is 0.116. The van der Waals surface area contributed by atoms with Crippen LogP contribution in [-0.4, -0.2) is 43.8 Å². The van der Waals surface area contributed by atoms with E-state index in [0.29, 0.717) is 0 Å². The summed E-state index contributed by atoms with van der Waals surface area (Å²) >= 11 is 0. The van der Waals surface area contributed by atoms with Gasteiger partial charge in [-0.3, -0.25) is 0 Å². The number of hydrogen-bond acceptors (Lipinski definition) is 2. The molecule has 0 bridgehead atoms. The van der Waals surface area contributed by atoms with E-state index in [1.807, 2.05) is 4.90 Å². The lowest BCUT2D eigenvalue weighted by Crippen LogP contribution is -2.44. The smallest absolute Gasteiger partial charge is 0.317 e. The van der Waals surface area contributed by atoms with E-state index in [9.17, 15) is 4.79 Å². The number of urea groups is 1. The molecule has 16 heavy (non-hydrogen) atoms. The summed E-state index contributed by atoms with van der Waals surface area (Å²) in [5, 5.41) is 3.07. The molecule has 0 spiro atoms. The van der Waals surface area contributed by atoms with E-state index in [2.05, 4.69) is 12.2 Å². The predicted molar refractivity (Wildman–Crippen MR) is 62.4 cm³/mol. The molecule has 0 atom stereocenters. The maximum absolute atomic E-state index is 11.8. The van der Waals surface area contributed by atoms with Crippen LogP contribution in [0.1, 0.15) is 32.6 Å². The van der Waals surface area contributed by atoms with Crippen LogP contribution in [0.3, 0.4) is 0 Å². The highest BCUT2D eigenvalue weighted by molar-refractivity contribution is 5.74. The van der Waals surface area contributed by atoms with Crippen LogP contribution in [0.25, 0.3) is 0 Å². The number of nitrogens with one attached hydrogen (secondary N) is 1. The maximum atomic E-state index is 11.8. The summed E-state index contributed by atoms with van der Waals surface area (Å²) < 4.78 is 5.35. The molecule has 2 aliphatic heterocycles. The van der Waals surface area contributed by atoms with Gasteiger partial charge >= 0.3 is 6.03 Å². The molecule has 0 radical (unpaired) electrons. The second-order valence-electron chi connectivity index (χ2n) is 5.28. The summed E-state index contributed by atoms with van der Waals surface area (Å²) in [4.78, 5) is 13.7. The zero-order valence-electron chi connectivity index (χ0n) is 10.1. The zero-order valence-corrected chi connectivity index (χ0v) is 10.1. The molecular formula is C12H22N2O2. The maximum Gasteiger partial charge on any atom is 0.317 e. The molecule has 2 saturated heterocycles. The Morgan fingerprint density at radius 1 is 1.31 bits per heavy atom. The van der Waals surface area contributed by atoms with Gasteiger partial charge in [-0.2, -0.15) is 0 Å². The summed E-state index contributed by atoms with van der Waals surface area (Å²) in [5.74, 6) is 0. The lowest BCUT2D eigenvalue weighted by Gasteiger charge is -2.34. The number of ether oxygens (including phenoxy) is 1. The summed E-state index contributed by atoms with van der Waals surface area (Å²) in [5.41, 5.74) is 0.230. The van der Waals surface area contributed by atoms with E-state index in [4.69, 9.17) is 4.74 Å². The molecule has 2 rings (SSSR count). The van der Waals surface area contributed by atoms with Crippen LogP contribution in [0.4, 0.5) is 4.79 Å². The van der Waals surface area contributed by atoms with Crippen LogP contribution in [0.15, 0.2) is 0 Å². The minimum absolute atomic E-state index is 0.116. The number of hydrogen-bond donors (Lipinski definition) is 1. The van der Waals surface area contributed by atoms with Crippen molar-refractivity contribution in [3.63, 3.8) is 0 Å². The quantitative estimate of drug-likeness (QED) is 0.777. The molecule has 2 aliphatic rings. The van der Waals surface area contributed by atoms with Gasteiger partial charge in [-0.1, -0.05) is 6.92 Å². The molecule has 0 saturated carbocycles. The van der Waals surface area contributed by atoms with Crippen LogP contribution in [0.2, 0.25) is 0 Å². The van der Waals surface area contributed by atoms with Gasteiger partial charge < -0.3 is 15.0 Å². The van der Waals surface area contributed by atoms with E-state index in [-0.39, 0.29) is 11.4 Å². The molecule has 0 aromatic heterocycles. The van der Waals surface area contributed by atoms with Gasteiger partial charge in [0.1, 0.15) is 0 Å². The minimum Gasteiger partial charge on any atom is -0.381 e. The van der Waals surface area contributed by atoms with E-state index in [1.54, 1.807) is 0 Å². The SMILES string of the molecule is CC1(CNC(=O)N2CCCC2)CCOCC1. The van der Waals surface area contributed by atoms with Gasteiger partial charge in [0.05, 0.1) is 0 Å². The average molecular weight is 226 g/mol. The molecule has 0 unspecified atom stereocenters. The summed E-state index contributed by atoms with van der Waals surface area (Å²) in [6.45, 7) is 6.52. The van der Waals surface area contributed by atoms with Gasteiger partial charge in [0.25, 0.3) is 0 Å². The largest absolute Gasteiger partial charge is 0.381 e. The minimum atomic E-state index is 0.116. The Labute approximate surface area is 97.3 Å². The third kappa shape index (κ3) is 2.88. The number of nitrogens with zero attached hydrogens (tertiary/aromatic N) is 1. The van der Waals surface area contributed by atoms with Crippen LogP contribution in [0.5, 0.6) is 0 Å². The molecule has 1 N–H and O–H groups in total. The first-order valence-corrected chi connectivity index (χ1v) is 6.30. The molecule has 0 aliphatic carbocycles. The van der Waals surface area contributed by atoms with Crippen LogP contribution >= 0.6 is 0 Å². The van der Waals surface area contributed by atoms with E-state index in [1.165, 1.54) is 0 Å². The first-order valence-electron chi connectivity index (χ1n) is 6.30. The van der Waals surface area contributed by atoms with Crippen molar-refractivity contribution in [1.82, 2.24) is 10.2 Å². The average Bonchev–Trinajstić information content (AvgIpc) is 2.80. The van der Waals surface area contributed by atoms with Gasteiger partial charge in [0.15, 0.2) is 0 Å². The molecule has 4 heteroatoms. The Morgan fingerprint density at radius 2 is 1.94 bits per heavy atom. The van der Waals surface area contributed by atoms with Crippen molar-refractivity contribution in [2.45, 2.75) is 32.6 Å². The Balaban J connectivity index is 1.75. The van der Waals surface area contributed by atoms with Crippen molar-refractivity contribution >= 4 is 6.03 Å². The second-order valence-corrected chi connectivity index (χ2v) is 5.28. The summed E-state index contributed by atoms with van der Waals surface area (Å²) in [7, 11) is 0. The van der Waals surface area contributed by atoms with Crippen LogP contribution in [-0.2, 0) is 4.74 Å². The van der Waals surface area contributed by atoms with Crippen molar-refractivity contribution in [1.29, 1.82) is 0 Å². The van der Waals surface area contributed by atoms with Crippen LogP contribution < -0.4 is 5.32 Å². The van der Waals surface area contributed by atoms with Crippen LogP contribution in [0, 0.1) is 5.41 Å². The monoisotopic (exact) mass is 226 g/mol. The third-order valence-electron chi connectivity index (χ3n) is 3.76. The Hall–Kier alpha value is -0.770. The number of carbonyl (C=O) groups excluding carboxylic acids is 1. The molecule has 2 amide bonds. The van der Waals surface area contributed by atoms with Gasteiger partial charge in [0, 0.05) is 32.8 Å². The molecule has 92 valence electrons. The van der Waals surface area contributed by atoms with E-state index in [0.717, 1.165) is 58.5 Å². The fourth-order valence-electron chi connectivity index (χ4n) is 2.36. The first-order chi connectivity index (χ1) is 7.70. The van der Waals surface area contributed by atoms with Gasteiger partial charge in [-0.05, 0) is 31.1 Å². The molecule has 0 aromatic rings. The predicted octanol–water partition coefficient (Wildman–Crippen LogP) is 1.61. The van der Waals surface area contributed by atoms with Gasteiger partial charge in [-0.15, -0.1) is 0 Å². The zero-order chi connectivity index (χ0) is 11.4. The normalized spacial score (nSPS) is 24.4. The van der Waals surface area contributed by atoms with Crippen molar-refractivity contribution in [2.75, 3.05) is 32.8 Å². The van der Waals surface area contributed by atoms with Crippen molar-refractivity contribution < 1.29 is 9.53 Å². The Kier molecular flexibility index (Phi) is 3.69. The Morgan fingerprint density at radius 3 is 2.56 bits per heavy atom. The number of rotatable bonds is 2. The number of amides is 2. The highest BCUT2D eigenvalue weighted by Crippen LogP contribution is 2.28. The van der Waals surface area contributed by atoms with Gasteiger partial charge in [-0.25, -0.2) is 4.79 Å². The topological polar surface area (TPSA) is 41.6 Å². The van der Waals surface area contributed by atoms with Crippen molar-refractivity contribution in [3.8, 4) is 0 Å². The number of carbonyl (C=O) groups is 1. The lowest BCUT2D eigenvalue weighted by molar-refractivity contribution is 0.0248. The molecule has 2 heterocycles. The van der Waals surface area contributed by atoms with Crippen molar-refractivity contribution in [3.05, 3.63) is 0 Å². The molecule has 0 aromatic carbocycles. The highest BCUT2D eigenvalue weighted by atomic mass is 16.5. The van der Waals surface area contributed by atoms with Gasteiger partial charge in [0.2, 0.25) is 0 Å². The lowest BCUT2D eigenvalue weighted by atomic mass is 9.82. The second kappa shape index (κ2) is 5.04.